The molecule has 1 unspecified atom stereocenters. The predicted octanol–water partition coefficient (Wildman–Crippen LogP) is 14.6. The molecule has 1 atom stereocenters. The van der Waals surface area contributed by atoms with Crippen LogP contribution in [0.2, 0.25) is 0 Å². The first kappa shape index (κ1) is 36.4. The molecule has 2 aromatic heterocycles. The molecule has 4 nitrogen and oxygen atoms in total. The first-order valence-corrected chi connectivity index (χ1v) is 22.3. The number of rotatable bonds is 5. The van der Waals surface area contributed by atoms with Crippen molar-refractivity contribution in [2.45, 2.75) is 18.9 Å². The molecule has 0 amide bonds. The minimum atomic E-state index is -0.0304. The molecule has 2 aliphatic carbocycles. The van der Waals surface area contributed by atoms with Gasteiger partial charge in [0.05, 0.1) is 34.0 Å². The Kier molecular flexibility index (Phi) is 8.38. The van der Waals surface area contributed by atoms with Crippen LogP contribution in [-0.2, 0) is 6.42 Å². The summed E-state index contributed by atoms with van der Waals surface area (Å²) >= 11 is 0. The van der Waals surface area contributed by atoms with Crippen LogP contribution in [0, 0.1) is 0 Å². The topological polar surface area (TPSA) is 34.2 Å². The van der Waals surface area contributed by atoms with Gasteiger partial charge in [0.2, 0.25) is 5.96 Å². The predicted molar refractivity (Wildman–Crippen MR) is 269 cm³/mol. The molecule has 3 aliphatic rings. The van der Waals surface area contributed by atoms with Gasteiger partial charge in [-0.3, -0.25) is 4.57 Å². The summed E-state index contributed by atoms with van der Waals surface area (Å²) < 4.78 is 4.82. The zero-order chi connectivity index (χ0) is 42.1. The van der Waals surface area contributed by atoms with E-state index >= 15 is 0 Å². The van der Waals surface area contributed by atoms with Gasteiger partial charge in [0, 0.05) is 38.4 Å². The standard InChI is InChI=1S/C60H42N4/c1-4-16-39(17-5-1)40-28-30-42(31-29-40)58-49-24-10-13-25-54(49)61-60(62-58)64-56-27-15-12-23-48(56)53-38-50(41-18-6-2-7-19-41)46-34-32-43(37-52(46)59(53)64)44-33-35-57-51(36-44)47-22-11-14-26-55(47)63(57)45-20-8-3-9-21-45/h1-11,13-22,24-38,54H,12,23H2,(H,61,62). The van der Waals surface area contributed by atoms with Crippen molar-refractivity contribution in [3.05, 3.63) is 235 Å². The van der Waals surface area contributed by atoms with E-state index in [2.05, 4.69) is 233 Å². The maximum absolute atomic E-state index is 5.62. The van der Waals surface area contributed by atoms with Gasteiger partial charge in [-0.05, 0) is 106 Å². The van der Waals surface area contributed by atoms with E-state index in [1.54, 1.807) is 0 Å². The molecule has 0 saturated heterocycles. The van der Waals surface area contributed by atoms with E-state index in [1.807, 2.05) is 0 Å². The number of hydrogen-bond donors (Lipinski definition) is 1. The largest absolute Gasteiger partial charge is 0.345 e. The van der Waals surface area contributed by atoms with Gasteiger partial charge < -0.3 is 9.88 Å². The van der Waals surface area contributed by atoms with Crippen LogP contribution in [0.25, 0.3) is 94.3 Å². The summed E-state index contributed by atoms with van der Waals surface area (Å²) in [4.78, 5) is 5.62. The van der Waals surface area contributed by atoms with Crippen molar-refractivity contribution in [1.29, 1.82) is 0 Å². The van der Waals surface area contributed by atoms with E-state index in [1.165, 1.54) is 93.7 Å². The summed E-state index contributed by atoms with van der Waals surface area (Å²) in [6.07, 6.45) is 15.3. The number of aromatic nitrogens is 2. The van der Waals surface area contributed by atoms with Crippen molar-refractivity contribution >= 4 is 61.2 Å². The van der Waals surface area contributed by atoms with Gasteiger partial charge in [-0.1, -0.05) is 170 Å². The molecule has 8 aromatic carbocycles. The molecule has 302 valence electrons. The second kappa shape index (κ2) is 14.7. The number of allylic oxidation sites excluding steroid dienone is 3. The second-order valence-corrected chi connectivity index (χ2v) is 17.1. The molecule has 0 spiro atoms. The second-order valence-electron chi connectivity index (χ2n) is 17.1. The Morgan fingerprint density at radius 2 is 1.14 bits per heavy atom. The molecule has 10 aromatic rings. The van der Waals surface area contributed by atoms with Crippen LogP contribution in [0.15, 0.2) is 223 Å². The van der Waals surface area contributed by atoms with Gasteiger partial charge in [0.1, 0.15) is 0 Å². The molecular formula is C60H42N4. The lowest BCUT2D eigenvalue weighted by molar-refractivity contribution is 0.798. The first-order valence-electron chi connectivity index (χ1n) is 22.3. The fourth-order valence-electron chi connectivity index (χ4n) is 10.4. The fourth-order valence-corrected chi connectivity index (χ4v) is 10.4. The normalized spacial score (nSPS) is 15.5. The van der Waals surface area contributed by atoms with Crippen LogP contribution in [0.4, 0.5) is 0 Å². The van der Waals surface area contributed by atoms with E-state index in [9.17, 15) is 0 Å². The summed E-state index contributed by atoms with van der Waals surface area (Å²) in [6.45, 7) is 0. The van der Waals surface area contributed by atoms with Crippen LogP contribution in [0.1, 0.15) is 23.2 Å². The Hall–Kier alpha value is -8.21. The summed E-state index contributed by atoms with van der Waals surface area (Å²) in [7, 11) is 0. The first-order chi connectivity index (χ1) is 31.7. The van der Waals surface area contributed by atoms with E-state index in [4.69, 9.17) is 4.99 Å². The molecule has 0 saturated carbocycles. The summed E-state index contributed by atoms with van der Waals surface area (Å²) in [6, 6.07) is 66.3. The van der Waals surface area contributed by atoms with Crippen LogP contribution in [0.3, 0.4) is 0 Å². The molecule has 0 fully saturated rings. The van der Waals surface area contributed by atoms with Crippen molar-refractivity contribution in [2.75, 3.05) is 0 Å². The lowest BCUT2D eigenvalue weighted by atomic mass is 9.91. The maximum Gasteiger partial charge on any atom is 0.209 e. The number of aliphatic imine (C=N–C) groups is 1. The number of nitrogens with one attached hydrogen (secondary N) is 1. The number of fused-ring (bicyclic) bond motifs is 9. The molecule has 3 heterocycles. The van der Waals surface area contributed by atoms with Crippen LogP contribution >= 0.6 is 0 Å². The van der Waals surface area contributed by atoms with Crippen molar-refractivity contribution in [2.24, 2.45) is 4.99 Å². The minimum absolute atomic E-state index is 0.0304. The van der Waals surface area contributed by atoms with Gasteiger partial charge in [-0.2, -0.15) is 0 Å². The zero-order valence-electron chi connectivity index (χ0n) is 35.1. The Balaban J connectivity index is 1.05. The highest BCUT2D eigenvalue weighted by molar-refractivity contribution is 6.19. The van der Waals surface area contributed by atoms with Crippen molar-refractivity contribution < 1.29 is 0 Å². The summed E-state index contributed by atoms with van der Waals surface area (Å²) in [5.74, 6) is 0.836. The van der Waals surface area contributed by atoms with Crippen molar-refractivity contribution in [3.63, 3.8) is 0 Å². The van der Waals surface area contributed by atoms with Crippen molar-refractivity contribution in [3.8, 4) is 39.1 Å². The summed E-state index contributed by atoms with van der Waals surface area (Å²) in [5, 5.41) is 10.1. The van der Waals surface area contributed by atoms with E-state index in [0.717, 1.165) is 35.7 Å². The van der Waals surface area contributed by atoms with Crippen molar-refractivity contribution in [1.82, 2.24) is 14.5 Å². The third kappa shape index (κ3) is 5.80. The molecule has 0 radical (unpaired) electrons. The molecule has 4 heteroatoms. The van der Waals surface area contributed by atoms with E-state index in [0.29, 0.717) is 0 Å². The Labute approximate surface area is 371 Å². The lowest BCUT2D eigenvalue weighted by Crippen LogP contribution is -2.42. The third-order valence-electron chi connectivity index (χ3n) is 13.4. The fraction of sp³-hybridized carbons (Fsp3) is 0.0500. The smallest absolute Gasteiger partial charge is 0.209 e. The Morgan fingerprint density at radius 3 is 1.95 bits per heavy atom. The van der Waals surface area contributed by atoms with Gasteiger partial charge >= 0.3 is 0 Å². The number of hydrogen-bond acceptors (Lipinski definition) is 2. The average molecular weight is 819 g/mol. The Morgan fingerprint density at radius 1 is 0.484 bits per heavy atom. The van der Waals surface area contributed by atoms with E-state index < -0.39 is 0 Å². The van der Waals surface area contributed by atoms with Crippen LogP contribution < -0.4 is 5.32 Å². The third-order valence-corrected chi connectivity index (χ3v) is 13.4. The van der Waals surface area contributed by atoms with Crippen LogP contribution in [-0.4, -0.2) is 21.1 Å². The van der Waals surface area contributed by atoms with Gasteiger partial charge in [-0.25, -0.2) is 4.99 Å². The number of para-hydroxylation sites is 2. The number of benzene rings is 8. The number of nitrogens with zero attached hydrogens (tertiary/aromatic N) is 3. The molecule has 1 aliphatic heterocycles. The molecule has 0 bridgehead atoms. The quantitative estimate of drug-likeness (QED) is 0.184. The molecule has 1 N–H and O–H groups in total. The summed E-state index contributed by atoms with van der Waals surface area (Å²) in [5.41, 5.74) is 17.8. The molecular weight excluding hydrogens is 777 g/mol. The highest BCUT2D eigenvalue weighted by Gasteiger charge is 2.30. The number of aryl methyl sites for hydroxylation is 1. The van der Waals surface area contributed by atoms with Gasteiger partial charge in [0.25, 0.3) is 0 Å². The highest BCUT2D eigenvalue weighted by Crippen LogP contribution is 2.44. The Bertz CT molecular complexity index is 3650. The molecule has 13 rings (SSSR count). The molecule has 64 heavy (non-hydrogen) atoms. The van der Waals surface area contributed by atoms with E-state index in [-0.39, 0.29) is 6.04 Å². The van der Waals surface area contributed by atoms with Gasteiger partial charge in [0.15, 0.2) is 0 Å². The van der Waals surface area contributed by atoms with Gasteiger partial charge in [-0.15, -0.1) is 0 Å². The van der Waals surface area contributed by atoms with Crippen LogP contribution in [0.5, 0.6) is 0 Å². The SMILES string of the molecule is C1=CC2=C(c3ccc(-c4ccccc4)cc3)N=C(n3c4c(c5cc(-c6ccccc6)c6ccc(-c7ccc8c(c7)c7ccccc7n8-c7ccccc7)cc6c53)CCC=C4)NC2C=C1. The monoisotopic (exact) mass is 818 g/mol. The lowest BCUT2D eigenvalue weighted by Gasteiger charge is -2.29. The zero-order valence-corrected chi connectivity index (χ0v) is 35.1. The highest BCUT2D eigenvalue weighted by atomic mass is 15.2. The average Bonchev–Trinajstić information content (AvgIpc) is 3.89. The minimum Gasteiger partial charge on any atom is -0.345 e. The maximum atomic E-state index is 5.62.